The molecule has 20 heavy (non-hydrogen) atoms. The van der Waals surface area contributed by atoms with E-state index in [1.165, 1.54) is 0 Å². The summed E-state index contributed by atoms with van der Waals surface area (Å²) in [6, 6.07) is 7.17. The van der Waals surface area contributed by atoms with Crippen LogP contribution in [-0.4, -0.2) is 29.6 Å². The summed E-state index contributed by atoms with van der Waals surface area (Å²) in [7, 11) is 0. The number of hydrogen-bond acceptors (Lipinski definition) is 4. The second kappa shape index (κ2) is 8.04. The minimum atomic E-state index is -0.452. The van der Waals surface area contributed by atoms with Gasteiger partial charge in [0.2, 0.25) is 5.91 Å². The van der Waals surface area contributed by atoms with Gasteiger partial charge in [0, 0.05) is 0 Å². The Bertz CT molecular complexity index is 474. The molecule has 110 valence electrons. The highest BCUT2D eigenvalue weighted by Gasteiger charge is 2.14. The van der Waals surface area contributed by atoms with E-state index in [0.717, 1.165) is 11.3 Å². The number of rotatable bonds is 7. The lowest BCUT2D eigenvalue weighted by molar-refractivity contribution is -0.121. The fourth-order valence-corrected chi connectivity index (χ4v) is 1.69. The largest absolute Gasteiger partial charge is 0.493 e. The van der Waals surface area contributed by atoms with Crippen LogP contribution in [0.5, 0.6) is 5.75 Å². The number of amides is 1. The Balaban J connectivity index is 2.36. The first-order valence-corrected chi connectivity index (χ1v) is 6.53. The number of nitrogens with zero attached hydrogens (tertiary/aromatic N) is 1. The van der Waals surface area contributed by atoms with Gasteiger partial charge in [0.05, 0.1) is 19.1 Å². The predicted octanol–water partition coefficient (Wildman–Crippen LogP) is 1.41. The van der Waals surface area contributed by atoms with Crippen LogP contribution in [0, 0.1) is 6.92 Å². The van der Waals surface area contributed by atoms with Crippen LogP contribution in [0.1, 0.15) is 25.3 Å². The van der Waals surface area contributed by atoms with Crippen LogP contribution < -0.4 is 15.8 Å². The second-order valence-corrected chi connectivity index (χ2v) is 4.47. The van der Waals surface area contributed by atoms with Crippen molar-refractivity contribution in [3.63, 3.8) is 0 Å². The molecular formula is C14H21N3O3. The Kier molecular flexibility index (Phi) is 6.36. The Morgan fingerprint density at radius 2 is 2.30 bits per heavy atom. The summed E-state index contributed by atoms with van der Waals surface area (Å²) in [5.74, 6) is 0.540. The Hall–Kier alpha value is -2.24. The van der Waals surface area contributed by atoms with Gasteiger partial charge in [-0.05, 0) is 31.0 Å². The monoisotopic (exact) mass is 279 g/mol. The molecular weight excluding hydrogens is 258 g/mol. The molecule has 0 heterocycles. The second-order valence-electron chi connectivity index (χ2n) is 4.47. The average molecular weight is 279 g/mol. The topological polar surface area (TPSA) is 96.9 Å². The Morgan fingerprint density at radius 3 is 2.90 bits per heavy atom. The SMILES string of the molecule is CCC(NC(=O)CCOc1cccc(C)c1)/C(N)=N/O. The van der Waals surface area contributed by atoms with Gasteiger partial charge in [0.25, 0.3) is 0 Å². The van der Waals surface area contributed by atoms with Gasteiger partial charge in [-0.3, -0.25) is 4.79 Å². The molecule has 0 spiro atoms. The molecule has 0 aliphatic rings. The van der Waals surface area contributed by atoms with E-state index in [9.17, 15) is 4.79 Å². The number of nitrogens with two attached hydrogens (primary N) is 1. The number of carbonyl (C=O) groups is 1. The normalized spacial score (nSPS) is 12.8. The summed E-state index contributed by atoms with van der Waals surface area (Å²) in [6.07, 6.45) is 0.767. The number of ether oxygens (including phenoxy) is 1. The number of hydrogen-bond donors (Lipinski definition) is 3. The lowest BCUT2D eigenvalue weighted by Gasteiger charge is -2.15. The molecule has 4 N–H and O–H groups in total. The highest BCUT2D eigenvalue weighted by Crippen LogP contribution is 2.12. The first kappa shape index (κ1) is 15.8. The summed E-state index contributed by atoms with van der Waals surface area (Å²) in [5, 5.41) is 14.2. The van der Waals surface area contributed by atoms with Crippen molar-refractivity contribution < 1.29 is 14.7 Å². The van der Waals surface area contributed by atoms with Gasteiger partial charge in [-0.1, -0.05) is 24.2 Å². The number of carbonyl (C=O) groups excluding carboxylic acids is 1. The van der Waals surface area contributed by atoms with E-state index in [1.807, 2.05) is 38.1 Å². The van der Waals surface area contributed by atoms with E-state index < -0.39 is 6.04 Å². The first-order valence-electron chi connectivity index (χ1n) is 6.53. The molecule has 0 saturated carbocycles. The molecule has 1 amide bonds. The summed E-state index contributed by atoms with van der Waals surface area (Å²) in [4.78, 5) is 11.7. The zero-order valence-electron chi connectivity index (χ0n) is 11.8. The van der Waals surface area contributed by atoms with Crippen LogP contribution in [0.15, 0.2) is 29.4 Å². The standard InChI is InChI=1S/C14H21N3O3/c1-3-12(14(15)17-19)16-13(18)7-8-20-11-6-4-5-10(2)9-11/h4-6,9,12,19H,3,7-8H2,1-2H3,(H2,15,17)(H,16,18). The molecule has 1 rings (SSSR count). The van der Waals surface area contributed by atoms with Crippen molar-refractivity contribution in [2.75, 3.05) is 6.61 Å². The third-order valence-corrected chi connectivity index (χ3v) is 2.80. The maximum absolute atomic E-state index is 11.7. The number of aryl methyl sites for hydroxylation is 1. The van der Waals surface area contributed by atoms with Crippen molar-refractivity contribution in [1.82, 2.24) is 5.32 Å². The van der Waals surface area contributed by atoms with E-state index in [1.54, 1.807) is 0 Å². The minimum absolute atomic E-state index is 0.000419. The molecule has 6 heteroatoms. The molecule has 6 nitrogen and oxygen atoms in total. The highest BCUT2D eigenvalue weighted by atomic mass is 16.5. The van der Waals surface area contributed by atoms with Crippen molar-refractivity contribution in [1.29, 1.82) is 0 Å². The van der Waals surface area contributed by atoms with Crippen molar-refractivity contribution in [3.05, 3.63) is 29.8 Å². The van der Waals surface area contributed by atoms with E-state index in [-0.39, 0.29) is 24.8 Å². The van der Waals surface area contributed by atoms with Crippen LogP contribution >= 0.6 is 0 Å². The number of oxime groups is 1. The third-order valence-electron chi connectivity index (χ3n) is 2.80. The summed E-state index contributed by atoms with van der Waals surface area (Å²) >= 11 is 0. The molecule has 0 aliphatic heterocycles. The first-order chi connectivity index (χ1) is 9.56. The molecule has 1 atom stereocenters. The zero-order valence-corrected chi connectivity index (χ0v) is 11.8. The average Bonchev–Trinajstić information content (AvgIpc) is 2.44. The van der Waals surface area contributed by atoms with E-state index in [2.05, 4.69) is 10.5 Å². The summed E-state index contributed by atoms with van der Waals surface area (Å²) in [6.45, 7) is 4.09. The van der Waals surface area contributed by atoms with Gasteiger partial charge in [-0.2, -0.15) is 0 Å². The quantitative estimate of drug-likeness (QED) is 0.304. The van der Waals surface area contributed by atoms with E-state index in [4.69, 9.17) is 15.7 Å². The van der Waals surface area contributed by atoms with Gasteiger partial charge in [0.1, 0.15) is 5.75 Å². The highest BCUT2D eigenvalue weighted by molar-refractivity contribution is 5.89. The van der Waals surface area contributed by atoms with Crippen LogP contribution in [0.4, 0.5) is 0 Å². The molecule has 0 bridgehead atoms. The fraction of sp³-hybridized carbons (Fsp3) is 0.429. The maximum Gasteiger partial charge on any atom is 0.224 e. The molecule has 1 unspecified atom stereocenters. The Labute approximate surface area is 118 Å². The van der Waals surface area contributed by atoms with E-state index in [0.29, 0.717) is 6.42 Å². The summed E-state index contributed by atoms with van der Waals surface area (Å²) < 4.78 is 5.49. The number of amidine groups is 1. The Morgan fingerprint density at radius 1 is 1.55 bits per heavy atom. The van der Waals surface area contributed by atoms with Gasteiger partial charge in [-0.15, -0.1) is 0 Å². The van der Waals surface area contributed by atoms with Crippen LogP contribution in [0.3, 0.4) is 0 Å². The van der Waals surface area contributed by atoms with Gasteiger partial charge < -0.3 is 21.0 Å². The lowest BCUT2D eigenvalue weighted by atomic mass is 10.2. The van der Waals surface area contributed by atoms with Crippen molar-refractivity contribution in [2.45, 2.75) is 32.7 Å². The molecule has 1 aromatic rings. The molecule has 1 aromatic carbocycles. The van der Waals surface area contributed by atoms with Gasteiger partial charge in [-0.25, -0.2) is 0 Å². The van der Waals surface area contributed by atoms with E-state index >= 15 is 0 Å². The molecule has 0 aliphatic carbocycles. The van der Waals surface area contributed by atoms with Crippen LogP contribution in [0.25, 0.3) is 0 Å². The smallest absolute Gasteiger partial charge is 0.224 e. The third kappa shape index (κ3) is 5.17. The molecule has 0 aromatic heterocycles. The van der Waals surface area contributed by atoms with Gasteiger partial charge >= 0.3 is 0 Å². The maximum atomic E-state index is 11.7. The lowest BCUT2D eigenvalue weighted by Crippen LogP contribution is -2.44. The number of nitrogens with one attached hydrogen (secondary N) is 1. The van der Waals surface area contributed by atoms with Crippen molar-refractivity contribution >= 4 is 11.7 Å². The minimum Gasteiger partial charge on any atom is -0.493 e. The molecule has 0 saturated heterocycles. The molecule has 0 radical (unpaired) electrons. The van der Waals surface area contributed by atoms with Crippen LogP contribution in [-0.2, 0) is 4.79 Å². The summed E-state index contributed by atoms with van der Waals surface area (Å²) in [5.41, 5.74) is 6.57. The van der Waals surface area contributed by atoms with Crippen molar-refractivity contribution in [2.24, 2.45) is 10.9 Å². The van der Waals surface area contributed by atoms with Crippen LogP contribution in [0.2, 0.25) is 0 Å². The predicted molar refractivity (Wildman–Crippen MR) is 76.9 cm³/mol. The van der Waals surface area contributed by atoms with Crippen molar-refractivity contribution in [3.8, 4) is 5.75 Å². The number of benzene rings is 1. The van der Waals surface area contributed by atoms with Gasteiger partial charge in [0.15, 0.2) is 5.84 Å². The zero-order chi connectivity index (χ0) is 15.0. The fourth-order valence-electron chi connectivity index (χ4n) is 1.69. The molecule has 0 fully saturated rings.